The third-order valence-corrected chi connectivity index (χ3v) is 8.39. The molecular weight excluding hydrogens is 438 g/mol. The second-order valence-electron chi connectivity index (χ2n) is 8.65. The maximum Gasteiger partial charge on any atom is 0.324 e. The van der Waals surface area contributed by atoms with Crippen LogP contribution in [-0.4, -0.2) is 43.1 Å². The molecule has 1 aliphatic heterocycles. The van der Waals surface area contributed by atoms with Crippen LogP contribution in [0.4, 0.5) is 5.69 Å². The number of carbonyl (C=O) groups is 1. The molecule has 4 rings (SSSR count). The molecule has 0 amide bonds. The van der Waals surface area contributed by atoms with E-state index in [0.717, 1.165) is 36.2 Å². The van der Waals surface area contributed by atoms with Gasteiger partial charge >= 0.3 is 5.97 Å². The average molecular weight is 470 g/mol. The number of anilines is 1. The number of benzene rings is 2. The van der Waals surface area contributed by atoms with Gasteiger partial charge in [0.2, 0.25) is 10.0 Å². The van der Waals surface area contributed by atoms with Gasteiger partial charge < -0.3 is 4.74 Å². The summed E-state index contributed by atoms with van der Waals surface area (Å²) >= 11 is 0. The highest BCUT2D eigenvalue weighted by Crippen LogP contribution is 2.41. The smallest absolute Gasteiger partial charge is 0.324 e. The van der Waals surface area contributed by atoms with Crippen molar-refractivity contribution in [3.05, 3.63) is 60.2 Å². The monoisotopic (exact) mass is 469 g/mol. The van der Waals surface area contributed by atoms with E-state index in [1.807, 2.05) is 37.3 Å². The SMILES string of the molecule is CCOC(=O)[C@@H]1C[C@@H]2/C(=N/Nc3ccccc3)CCCC[C@@H]2N1S(=O)(=O)c1ccc(C)cc1. The number of aryl methyl sites for hydroxylation is 1. The van der Waals surface area contributed by atoms with Gasteiger partial charge in [-0.05, 0) is 63.8 Å². The van der Waals surface area contributed by atoms with Crippen LogP contribution in [0.15, 0.2) is 64.6 Å². The first-order valence-corrected chi connectivity index (χ1v) is 13.0. The van der Waals surface area contributed by atoms with Gasteiger partial charge in [-0.25, -0.2) is 8.42 Å². The molecule has 1 saturated heterocycles. The highest BCUT2D eigenvalue weighted by Gasteiger charge is 2.52. The molecular formula is C25H31N3O4S. The van der Waals surface area contributed by atoms with Crippen molar-refractivity contribution in [1.29, 1.82) is 0 Å². The van der Waals surface area contributed by atoms with Gasteiger partial charge in [-0.2, -0.15) is 9.41 Å². The topological polar surface area (TPSA) is 88.1 Å². The van der Waals surface area contributed by atoms with Crippen molar-refractivity contribution in [3.8, 4) is 0 Å². The fourth-order valence-electron chi connectivity index (χ4n) is 4.85. The molecule has 1 N–H and O–H groups in total. The van der Waals surface area contributed by atoms with Gasteiger partial charge in [-0.1, -0.05) is 42.3 Å². The summed E-state index contributed by atoms with van der Waals surface area (Å²) in [5.74, 6) is -0.630. The van der Waals surface area contributed by atoms with Crippen LogP contribution in [0.1, 0.15) is 44.6 Å². The Hall–Kier alpha value is -2.71. The number of carbonyl (C=O) groups excluding carboxylic acids is 1. The lowest BCUT2D eigenvalue weighted by Gasteiger charge is -2.29. The van der Waals surface area contributed by atoms with E-state index in [9.17, 15) is 13.2 Å². The molecule has 2 aromatic carbocycles. The number of para-hydroxylation sites is 1. The first-order valence-electron chi connectivity index (χ1n) is 11.6. The number of rotatable bonds is 6. The van der Waals surface area contributed by atoms with Gasteiger partial charge in [-0.3, -0.25) is 10.2 Å². The second-order valence-corrected chi connectivity index (χ2v) is 10.5. The van der Waals surface area contributed by atoms with E-state index in [0.29, 0.717) is 12.8 Å². The number of nitrogens with one attached hydrogen (secondary N) is 1. The average Bonchev–Trinajstić information content (AvgIpc) is 3.09. The molecule has 0 radical (unpaired) electrons. The lowest BCUT2D eigenvalue weighted by atomic mass is 9.92. The molecule has 0 aromatic heterocycles. The van der Waals surface area contributed by atoms with Crippen molar-refractivity contribution < 1.29 is 17.9 Å². The molecule has 2 aliphatic rings. The van der Waals surface area contributed by atoms with Gasteiger partial charge in [0, 0.05) is 17.7 Å². The van der Waals surface area contributed by atoms with Crippen LogP contribution in [-0.2, 0) is 19.6 Å². The maximum atomic E-state index is 13.8. The first kappa shape index (κ1) is 23.4. The van der Waals surface area contributed by atoms with Gasteiger partial charge in [0.1, 0.15) is 6.04 Å². The Labute approximate surface area is 195 Å². The van der Waals surface area contributed by atoms with E-state index in [2.05, 4.69) is 10.5 Å². The predicted molar refractivity (Wildman–Crippen MR) is 128 cm³/mol. The number of sulfonamides is 1. The molecule has 0 unspecified atom stereocenters. The van der Waals surface area contributed by atoms with Crippen molar-refractivity contribution in [2.75, 3.05) is 12.0 Å². The fourth-order valence-corrected chi connectivity index (χ4v) is 6.69. The van der Waals surface area contributed by atoms with E-state index in [-0.39, 0.29) is 23.5 Å². The number of hydrogen-bond donors (Lipinski definition) is 1. The van der Waals surface area contributed by atoms with Crippen molar-refractivity contribution in [1.82, 2.24) is 4.31 Å². The number of ether oxygens (including phenoxy) is 1. The molecule has 0 bridgehead atoms. The molecule has 2 aromatic rings. The van der Waals surface area contributed by atoms with Crippen molar-refractivity contribution >= 4 is 27.4 Å². The van der Waals surface area contributed by atoms with E-state index >= 15 is 0 Å². The normalized spacial score (nSPS) is 24.8. The van der Waals surface area contributed by atoms with Crippen molar-refractivity contribution in [2.45, 2.75) is 62.9 Å². The van der Waals surface area contributed by atoms with Crippen LogP contribution in [0.5, 0.6) is 0 Å². The van der Waals surface area contributed by atoms with Crippen LogP contribution in [0, 0.1) is 12.8 Å². The Morgan fingerprint density at radius 1 is 1.12 bits per heavy atom. The minimum Gasteiger partial charge on any atom is -0.465 e. The number of hydrogen-bond acceptors (Lipinski definition) is 6. The summed E-state index contributed by atoms with van der Waals surface area (Å²) in [6.45, 7) is 3.86. The minimum absolute atomic E-state index is 0.140. The zero-order valence-electron chi connectivity index (χ0n) is 19.1. The summed E-state index contributed by atoms with van der Waals surface area (Å²) < 4.78 is 34.3. The minimum atomic E-state index is -3.89. The molecule has 7 nitrogen and oxygen atoms in total. The zero-order valence-corrected chi connectivity index (χ0v) is 19.9. The molecule has 8 heteroatoms. The van der Waals surface area contributed by atoms with E-state index in [4.69, 9.17) is 4.74 Å². The summed E-state index contributed by atoms with van der Waals surface area (Å²) in [5.41, 5.74) is 5.88. The standard InChI is InChI=1S/C25H31N3O4S/c1-3-32-25(29)24-17-21-22(27-26-19-9-5-4-6-10-19)11-7-8-12-23(21)28(24)33(30,31)20-15-13-18(2)14-16-20/h4-6,9-10,13-16,21,23-24,26H,3,7-8,11-12,17H2,1-2H3/b27-22+/t21-,23+,24+/m1/s1. The van der Waals surface area contributed by atoms with E-state index in [1.54, 1.807) is 31.2 Å². The van der Waals surface area contributed by atoms with Gasteiger partial charge in [-0.15, -0.1) is 0 Å². The Morgan fingerprint density at radius 2 is 1.85 bits per heavy atom. The lowest BCUT2D eigenvalue weighted by Crippen LogP contribution is -2.46. The van der Waals surface area contributed by atoms with E-state index in [1.165, 1.54) is 4.31 Å². The predicted octanol–water partition coefficient (Wildman–Crippen LogP) is 4.35. The van der Waals surface area contributed by atoms with Crippen LogP contribution in [0.3, 0.4) is 0 Å². The van der Waals surface area contributed by atoms with Crippen LogP contribution in [0.25, 0.3) is 0 Å². The van der Waals surface area contributed by atoms with Gasteiger partial charge in [0.05, 0.1) is 17.2 Å². The fraction of sp³-hybridized carbons (Fsp3) is 0.440. The summed E-state index contributed by atoms with van der Waals surface area (Å²) in [5, 5.41) is 4.69. The Kier molecular flexibility index (Phi) is 7.14. The zero-order chi connectivity index (χ0) is 23.4. The molecule has 176 valence electrons. The molecule has 1 saturated carbocycles. The molecule has 1 aliphatic carbocycles. The van der Waals surface area contributed by atoms with Gasteiger partial charge in [0.25, 0.3) is 0 Å². The second kappa shape index (κ2) is 10.1. The van der Waals surface area contributed by atoms with Crippen molar-refractivity contribution in [2.24, 2.45) is 11.0 Å². The quantitative estimate of drug-likeness (QED) is 0.502. The Balaban J connectivity index is 1.71. The molecule has 33 heavy (non-hydrogen) atoms. The Bertz CT molecular complexity index is 1100. The lowest BCUT2D eigenvalue weighted by molar-refractivity contribution is -0.147. The third kappa shape index (κ3) is 4.96. The third-order valence-electron chi connectivity index (χ3n) is 6.44. The summed E-state index contributed by atoms with van der Waals surface area (Å²) in [6.07, 6.45) is 3.65. The maximum absolute atomic E-state index is 13.8. The van der Waals surface area contributed by atoms with E-state index < -0.39 is 22.0 Å². The summed E-state index contributed by atoms with van der Waals surface area (Å²) in [4.78, 5) is 13.1. The molecule has 2 fully saturated rings. The molecule has 3 atom stereocenters. The van der Waals surface area contributed by atoms with Crippen molar-refractivity contribution in [3.63, 3.8) is 0 Å². The number of fused-ring (bicyclic) bond motifs is 1. The first-order chi connectivity index (χ1) is 15.9. The summed E-state index contributed by atoms with van der Waals surface area (Å²) in [6, 6.07) is 15.3. The largest absolute Gasteiger partial charge is 0.465 e. The van der Waals surface area contributed by atoms with Crippen LogP contribution in [0.2, 0.25) is 0 Å². The number of esters is 1. The van der Waals surface area contributed by atoms with Crippen LogP contribution < -0.4 is 5.43 Å². The highest BCUT2D eigenvalue weighted by atomic mass is 32.2. The summed E-state index contributed by atoms with van der Waals surface area (Å²) in [7, 11) is -3.89. The highest BCUT2D eigenvalue weighted by molar-refractivity contribution is 7.89. The van der Waals surface area contributed by atoms with Gasteiger partial charge in [0.15, 0.2) is 0 Å². The molecule has 1 heterocycles. The Morgan fingerprint density at radius 3 is 2.55 bits per heavy atom. The van der Waals surface area contributed by atoms with Crippen LogP contribution >= 0.6 is 0 Å². The number of nitrogens with zero attached hydrogens (tertiary/aromatic N) is 2. The number of hydrazone groups is 1. The molecule has 0 spiro atoms.